The van der Waals surface area contributed by atoms with Crippen LogP contribution in [0.2, 0.25) is 0 Å². The van der Waals surface area contributed by atoms with Crippen molar-refractivity contribution in [1.29, 1.82) is 0 Å². The van der Waals surface area contributed by atoms with Crippen LogP contribution in [0.1, 0.15) is 44.4 Å². The predicted octanol–water partition coefficient (Wildman–Crippen LogP) is 4.44. The van der Waals surface area contributed by atoms with E-state index in [1.807, 2.05) is 12.1 Å². The minimum absolute atomic E-state index is 0. The topological polar surface area (TPSA) is 52.8 Å². The van der Waals surface area contributed by atoms with E-state index in [1.54, 1.807) is 6.26 Å². The van der Waals surface area contributed by atoms with Gasteiger partial charge in [0, 0.05) is 44.7 Å². The lowest BCUT2D eigenvalue weighted by molar-refractivity contribution is 0.198. The Labute approximate surface area is 192 Å². The first-order chi connectivity index (χ1) is 13.7. The van der Waals surface area contributed by atoms with E-state index in [2.05, 4.69) is 59.7 Å². The van der Waals surface area contributed by atoms with E-state index in [4.69, 9.17) is 9.41 Å². The average molecular weight is 510 g/mol. The summed E-state index contributed by atoms with van der Waals surface area (Å²) in [4.78, 5) is 7.33. The molecule has 160 valence electrons. The van der Waals surface area contributed by atoms with Crippen LogP contribution in [0.25, 0.3) is 0 Å². The van der Waals surface area contributed by atoms with Gasteiger partial charge >= 0.3 is 0 Å². The van der Waals surface area contributed by atoms with Crippen LogP contribution in [0.5, 0.6) is 0 Å². The quantitative estimate of drug-likeness (QED) is 0.313. The molecular formula is C23H35IN4O. The van der Waals surface area contributed by atoms with Crippen LogP contribution in [-0.4, -0.2) is 42.6 Å². The van der Waals surface area contributed by atoms with E-state index in [-0.39, 0.29) is 24.0 Å². The first kappa shape index (κ1) is 23.7. The Morgan fingerprint density at radius 1 is 1.17 bits per heavy atom. The van der Waals surface area contributed by atoms with Crippen molar-refractivity contribution in [2.75, 3.05) is 19.6 Å². The summed E-state index contributed by atoms with van der Waals surface area (Å²) in [5.74, 6) is 1.92. The highest BCUT2D eigenvalue weighted by Crippen LogP contribution is 2.14. The highest BCUT2D eigenvalue weighted by atomic mass is 127. The molecule has 1 fully saturated rings. The van der Waals surface area contributed by atoms with Gasteiger partial charge < -0.3 is 15.1 Å². The molecule has 3 rings (SSSR count). The molecule has 1 aromatic carbocycles. The van der Waals surface area contributed by atoms with Crippen molar-refractivity contribution in [3.8, 4) is 0 Å². The smallest absolute Gasteiger partial charge is 0.191 e. The molecular weight excluding hydrogens is 475 g/mol. The van der Waals surface area contributed by atoms with Gasteiger partial charge in [0.2, 0.25) is 0 Å². The monoisotopic (exact) mass is 510 g/mol. The standard InChI is InChI=1S/C23H34N4O.HI/c1-3-19(2)25-23(24-14-11-22-10-7-17-28-22)26-21-12-15-27(16-13-21)18-20-8-5-4-6-9-20;/h4-10,17,19,21H,3,11-16,18H2,1-2H3,(H2,24,25,26);1H. The molecule has 0 aliphatic carbocycles. The first-order valence-corrected chi connectivity index (χ1v) is 10.6. The Morgan fingerprint density at radius 3 is 2.59 bits per heavy atom. The van der Waals surface area contributed by atoms with E-state index in [1.165, 1.54) is 5.56 Å². The summed E-state index contributed by atoms with van der Waals surface area (Å²) in [5.41, 5.74) is 1.40. The Morgan fingerprint density at radius 2 is 1.93 bits per heavy atom. The van der Waals surface area contributed by atoms with Crippen LogP contribution >= 0.6 is 24.0 Å². The summed E-state index contributed by atoms with van der Waals surface area (Å²) < 4.78 is 5.41. The van der Waals surface area contributed by atoms with Gasteiger partial charge in [-0.1, -0.05) is 37.3 Å². The number of likely N-dealkylation sites (tertiary alicyclic amines) is 1. The lowest BCUT2D eigenvalue weighted by Crippen LogP contribution is -2.50. The third-order valence-electron chi connectivity index (χ3n) is 5.38. The number of aliphatic imine (C=N–C) groups is 1. The van der Waals surface area contributed by atoms with Crippen molar-refractivity contribution in [2.24, 2.45) is 4.99 Å². The van der Waals surface area contributed by atoms with Crippen molar-refractivity contribution < 1.29 is 4.42 Å². The second-order valence-corrected chi connectivity index (χ2v) is 7.69. The number of nitrogens with one attached hydrogen (secondary N) is 2. The Balaban J connectivity index is 0.00000300. The van der Waals surface area contributed by atoms with Gasteiger partial charge in [-0.2, -0.15) is 0 Å². The molecule has 0 radical (unpaired) electrons. The van der Waals surface area contributed by atoms with Crippen LogP contribution < -0.4 is 10.6 Å². The number of benzene rings is 1. The van der Waals surface area contributed by atoms with Gasteiger partial charge in [0.25, 0.3) is 0 Å². The molecule has 2 N–H and O–H groups in total. The molecule has 0 spiro atoms. The second kappa shape index (κ2) is 12.9. The maximum Gasteiger partial charge on any atom is 0.191 e. The number of nitrogens with zero attached hydrogens (tertiary/aromatic N) is 2. The summed E-state index contributed by atoms with van der Waals surface area (Å²) in [5, 5.41) is 7.21. The van der Waals surface area contributed by atoms with E-state index < -0.39 is 0 Å². The molecule has 5 nitrogen and oxygen atoms in total. The fourth-order valence-electron chi connectivity index (χ4n) is 3.47. The molecule has 2 aromatic rings. The number of furan rings is 1. The van der Waals surface area contributed by atoms with E-state index in [0.717, 1.165) is 63.6 Å². The van der Waals surface area contributed by atoms with Crippen molar-refractivity contribution in [1.82, 2.24) is 15.5 Å². The summed E-state index contributed by atoms with van der Waals surface area (Å²) in [6.45, 7) is 8.41. The molecule has 29 heavy (non-hydrogen) atoms. The molecule has 1 aromatic heterocycles. The second-order valence-electron chi connectivity index (χ2n) is 7.69. The maximum absolute atomic E-state index is 5.41. The average Bonchev–Trinajstić information content (AvgIpc) is 3.23. The zero-order chi connectivity index (χ0) is 19.6. The lowest BCUT2D eigenvalue weighted by atomic mass is 10.0. The maximum atomic E-state index is 5.41. The largest absolute Gasteiger partial charge is 0.469 e. The van der Waals surface area contributed by atoms with Gasteiger partial charge in [-0.15, -0.1) is 24.0 Å². The number of rotatable bonds is 8. The highest BCUT2D eigenvalue weighted by molar-refractivity contribution is 14.0. The first-order valence-electron chi connectivity index (χ1n) is 10.6. The molecule has 1 aliphatic heterocycles. The SMILES string of the molecule is CCC(C)NC(=NCCc1ccco1)NC1CCN(Cc2ccccc2)CC1.I. The molecule has 0 bridgehead atoms. The molecule has 1 saturated heterocycles. The Hall–Kier alpha value is -1.54. The van der Waals surface area contributed by atoms with E-state index >= 15 is 0 Å². The van der Waals surface area contributed by atoms with E-state index in [0.29, 0.717) is 12.1 Å². The minimum Gasteiger partial charge on any atom is -0.469 e. The Kier molecular flexibility index (Phi) is 10.6. The summed E-state index contributed by atoms with van der Waals surface area (Å²) in [6, 6.07) is 15.6. The molecule has 0 saturated carbocycles. The summed E-state index contributed by atoms with van der Waals surface area (Å²) in [7, 11) is 0. The third kappa shape index (κ3) is 8.38. The van der Waals surface area contributed by atoms with E-state index in [9.17, 15) is 0 Å². The van der Waals surface area contributed by atoms with Gasteiger partial charge in [-0.3, -0.25) is 9.89 Å². The van der Waals surface area contributed by atoms with Crippen LogP contribution in [0.3, 0.4) is 0 Å². The van der Waals surface area contributed by atoms with Gasteiger partial charge in [0.1, 0.15) is 5.76 Å². The predicted molar refractivity (Wildman–Crippen MR) is 131 cm³/mol. The third-order valence-corrected chi connectivity index (χ3v) is 5.38. The fraction of sp³-hybridized carbons (Fsp3) is 0.522. The number of hydrogen-bond donors (Lipinski definition) is 2. The van der Waals surface area contributed by atoms with Gasteiger partial charge in [-0.25, -0.2) is 0 Å². The highest BCUT2D eigenvalue weighted by Gasteiger charge is 2.20. The van der Waals surface area contributed by atoms with Gasteiger partial charge in [0.15, 0.2) is 5.96 Å². The summed E-state index contributed by atoms with van der Waals surface area (Å²) in [6.07, 6.45) is 5.92. The number of halogens is 1. The zero-order valence-electron chi connectivity index (χ0n) is 17.6. The fourth-order valence-corrected chi connectivity index (χ4v) is 3.47. The van der Waals surface area contributed by atoms with Gasteiger partial charge in [0.05, 0.1) is 6.26 Å². The van der Waals surface area contributed by atoms with Crippen molar-refractivity contribution >= 4 is 29.9 Å². The van der Waals surface area contributed by atoms with Crippen LogP contribution in [0, 0.1) is 0 Å². The van der Waals surface area contributed by atoms with Crippen molar-refractivity contribution in [3.05, 3.63) is 60.1 Å². The van der Waals surface area contributed by atoms with Crippen molar-refractivity contribution in [2.45, 2.75) is 58.2 Å². The van der Waals surface area contributed by atoms with Crippen molar-refractivity contribution in [3.63, 3.8) is 0 Å². The molecule has 1 atom stereocenters. The molecule has 0 amide bonds. The van der Waals surface area contributed by atoms with Gasteiger partial charge in [-0.05, 0) is 43.9 Å². The Bertz CT molecular complexity index is 697. The summed E-state index contributed by atoms with van der Waals surface area (Å²) >= 11 is 0. The lowest BCUT2D eigenvalue weighted by Gasteiger charge is -2.33. The number of guanidine groups is 1. The molecule has 2 heterocycles. The number of hydrogen-bond acceptors (Lipinski definition) is 3. The molecule has 6 heteroatoms. The van der Waals surface area contributed by atoms with Crippen LogP contribution in [0.4, 0.5) is 0 Å². The molecule has 1 aliphatic rings. The zero-order valence-corrected chi connectivity index (χ0v) is 20.0. The normalized spacial score (nSPS) is 16.8. The van der Waals surface area contributed by atoms with Crippen LogP contribution in [-0.2, 0) is 13.0 Å². The molecule has 1 unspecified atom stereocenters. The minimum atomic E-state index is 0. The van der Waals surface area contributed by atoms with Crippen LogP contribution in [0.15, 0.2) is 58.1 Å². The number of piperidine rings is 1.